The number of carbonyl (C=O) groups is 1. The van der Waals surface area contributed by atoms with Crippen LogP contribution in [0.3, 0.4) is 0 Å². The van der Waals surface area contributed by atoms with Crippen molar-refractivity contribution in [1.29, 1.82) is 0 Å². The Morgan fingerprint density at radius 2 is 2.22 bits per heavy atom. The van der Waals surface area contributed by atoms with Crippen LogP contribution in [0, 0.1) is 12.8 Å². The lowest BCUT2D eigenvalue weighted by Crippen LogP contribution is -2.33. The quantitative estimate of drug-likeness (QED) is 0.785. The minimum Gasteiger partial charge on any atom is -0.422 e. The Morgan fingerprint density at radius 1 is 1.48 bits per heavy atom. The van der Waals surface area contributed by atoms with Crippen LogP contribution < -0.4 is 11.4 Å². The number of fused-ring (bicyclic) bond motifs is 1. The lowest BCUT2D eigenvalue weighted by molar-refractivity contribution is 0.0783. The highest BCUT2D eigenvalue weighted by molar-refractivity contribution is 9.10. The standard InChI is InChI=1S/C16H17BrN2O3.ClH/c1-9-12-6-11(17)2-3-13(12)22-16(21)14(9)15(20)19-5-4-10(7-18)8-19;/h2-3,6,10H,4-5,7-8,18H2,1H3;1H. The number of aryl methyl sites for hydroxylation is 1. The number of likely N-dealkylation sites (tertiary alicyclic amines) is 1. The Bertz CT molecular complexity index is 806. The van der Waals surface area contributed by atoms with Crippen molar-refractivity contribution >= 4 is 45.2 Å². The van der Waals surface area contributed by atoms with E-state index < -0.39 is 5.63 Å². The topological polar surface area (TPSA) is 76.5 Å². The van der Waals surface area contributed by atoms with Gasteiger partial charge in [-0.25, -0.2) is 4.79 Å². The average Bonchev–Trinajstić information content (AvgIpc) is 2.97. The molecule has 0 saturated carbocycles. The number of carbonyl (C=O) groups excluding carboxylic acids is 1. The number of nitrogens with zero attached hydrogens (tertiary/aromatic N) is 1. The zero-order valence-corrected chi connectivity index (χ0v) is 15.1. The molecule has 1 unspecified atom stereocenters. The van der Waals surface area contributed by atoms with E-state index in [4.69, 9.17) is 10.2 Å². The molecule has 2 heterocycles. The molecule has 2 N–H and O–H groups in total. The zero-order chi connectivity index (χ0) is 15.9. The first kappa shape index (κ1) is 18.0. The van der Waals surface area contributed by atoms with Crippen molar-refractivity contribution in [2.45, 2.75) is 13.3 Å². The van der Waals surface area contributed by atoms with Crippen LogP contribution in [0.25, 0.3) is 11.0 Å². The van der Waals surface area contributed by atoms with Crippen molar-refractivity contribution in [3.8, 4) is 0 Å². The van der Waals surface area contributed by atoms with E-state index in [1.165, 1.54) is 0 Å². The predicted molar refractivity (Wildman–Crippen MR) is 95.2 cm³/mol. The fraction of sp³-hybridized carbons (Fsp3) is 0.375. The molecule has 1 atom stereocenters. The Morgan fingerprint density at radius 3 is 2.87 bits per heavy atom. The van der Waals surface area contributed by atoms with Crippen LogP contribution in [0.2, 0.25) is 0 Å². The van der Waals surface area contributed by atoms with Gasteiger partial charge in [0.15, 0.2) is 0 Å². The van der Waals surface area contributed by atoms with Crippen molar-refractivity contribution in [2.75, 3.05) is 19.6 Å². The van der Waals surface area contributed by atoms with Gasteiger partial charge in [-0.2, -0.15) is 0 Å². The van der Waals surface area contributed by atoms with Crippen molar-refractivity contribution in [2.24, 2.45) is 11.7 Å². The fourth-order valence-corrected chi connectivity index (χ4v) is 3.30. The first-order chi connectivity index (χ1) is 10.5. The normalized spacial score (nSPS) is 17.3. The van der Waals surface area contributed by atoms with Gasteiger partial charge in [-0.1, -0.05) is 15.9 Å². The summed E-state index contributed by atoms with van der Waals surface area (Å²) >= 11 is 3.40. The molecule has 5 nitrogen and oxygen atoms in total. The van der Waals surface area contributed by atoms with Gasteiger partial charge in [-0.15, -0.1) is 12.4 Å². The van der Waals surface area contributed by atoms with Crippen LogP contribution in [0.5, 0.6) is 0 Å². The highest BCUT2D eigenvalue weighted by Gasteiger charge is 2.29. The monoisotopic (exact) mass is 400 g/mol. The third-order valence-corrected chi connectivity index (χ3v) is 4.74. The summed E-state index contributed by atoms with van der Waals surface area (Å²) in [5.74, 6) is 0.0509. The number of hydrogen-bond acceptors (Lipinski definition) is 4. The number of benzene rings is 1. The minimum atomic E-state index is -0.575. The third-order valence-electron chi connectivity index (χ3n) is 4.25. The van der Waals surface area contributed by atoms with Crippen molar-refractivity contribution in [3.05, 3.63) is 44.2 Å². The molecular weight excluding hydrogens is 384 g/mol. The highest BCUT2D eigenvalue weighted by atomic mass is 79.9. The van der Waals surface area contributed by atoms with Crippen molar-refractivity contribution in [3.63, 3.8) is 0 Å². The average molecular weight is 402 g/mol. The summed E-state index contributed by atoms with van der Waals surface area (Å²) in [5, 5.41) is 0.770. The molecule has 2 aromatic rings. The molecule has 1 aromatic carbocycles. The van der Waals surface area contributed by atoms with Crippen LogP contribution in [0.4, 0.5) is 0 Å². The van der Waals surface area contributed by atoms with E-state index in [1.807, 2.05) is 6.07 Å². The van der Waals surface area contributed by atoms with Gasteiger partial charge in [0, 0.05) is 22.9 Å². The van der Waals surface area contributed by atoms with Gasteiger partial charge in [-0.05, 0) is 49.6 Å². The molecule has 0 spiro atoms. The van der Waals surface area contributed by atoms with Crippen LogP contribution in [0.1, 0.15) is 22.3 Å². The van der Waals surface area contributed by atoms with Gasteiger partial charge in [0.25, 0.3) is 5.91 Å². The Hall–Kier alpha value is -1.37. The molecule has 1 aromatic heterocycles. The molecule has 1 amide bonds. The number of amides is 1. The van der Waals surface area contributed by atoms with E-state index in [0.29, 0.717) is 36.7 Å². The molecular formula is C16H18BrClN2O3. The molecule has 3 rings (SSSR count). The summed E-state index contributed by atoms with van der Waals surface area (Å²) < 4.78 is 6.19. The highest BCUT2D eigenvalue weighted by Crippen LogP contribution is 2.25. The maximum Gasteiger partial charge on any atom is 0.349 e. The van der Waals surface area contributed by atoms with Gasteiger partial charge in [-0.3, -0.25) is 4.79 Å². The van der Waals surface area contributed by atoms with E-state index in [1.54, 1.807) is 24.0 Å². The number of nitrogens with two attached hydrogens (primary N) is 1. The molecule has 0 bridgehead atoms. The molecule has 1 aliphatic rings. The molecule has 7 heteroatoms. The van der Waals surface area contributed by atoms with E-state index in [0.717, 1.165) is 16.3 Å². The van der Waals surface area contributed by atoms with E-state index >= 15 is 0 Å². The molecule has 1 saturated heterocycles. The Labute approximate surface area is 148 Å². The van der Waals surface area contributed by atoms with E-state index in [2.05, 4.69) is 15.9 Å². The molecule has 1 aliphatic heterocycles. The minimum absolute atomic E-state index is 0. The lowest BCUT2D eigenvalue weighted by atomic mass is 10.1. The summed E-state index contributed by atoms with van der Waals surface area (Å²) in [4.78, 5) is 26.6. The predicted octanol–water partition coefficient (Wildman–Crippen LogP) is 2.71. The van der Waals surface area contributed by atoms with E-state index in [9.17, 15) is 9.59 Å². The maximum absolute atomic E-state index is 12.7. The van der Waals surface area contributed by atoms with E-state index in [-0.39, 0.29) is 23.9 Å². The second kappa shape index (κ2) is 7.03. The molecule has 1 fully saturated rings. The smallest absolute Gasteiger partial charge is 0.349 e. The van der Waals surface area contributed by atoms with Crippen molar-refractivity contribution in [1.82, 2.24) is 4.90 Å². The molecule has 124 valence electrons. The summed E-state index contributed by atoms with van der Waals surface area (Å²) in [6.45, 7) is 3.58. The molecule has 0 aliphatic carbocycles. The zero-order valence-electron chi connectivity index (χ0n) is 12.7. The molecule has 23 heavy (non-hydrogen) atoms. The summed E-state index contributed by atoms with van der Waals surface area (Å²) in [5.41, 5.74) is 6.37. The second-order valence-electron chi connectivity index (χ2n) is 5.67. The van der Waals surface area contributed by atoms with Gasteiger partial charge in [0.1, 0.15) is 11.1 Å². The van der Waals surface area contributed by atoms with Crippen LogP contribution in [-0.2, 0) is 0 Å². The van der Waals surface area contributed by atoms with Gasteiger partial charge in [0.05, 0.1) is 0 Å². The van der Waals surface area contributed by atoms with Crippen LogP contribution in [0.15, 0.2) is 31.9 Å². The summed E-state index contributed by atoms with van der Waals surface area (Å²) in [6.07, 6.45) is 0.881. The number of hydrogen-bond donors (Lipinski definition) is 1. The lowest BCUT2D eigenvalue weighted by Gasteiger charge is -2.17. The van der Waals surface area contributed by atoms with Gasteiger partial charge in [0.2, 0.25) is 0 Å². The maximum atomic E-state index is 12.7. The first-order valence-corrected chi connectivity index (χ1v) is 8.03. The number of halogens is 2. The Kier molecular flexibility index (Phi) is 5.49. The summed E-state index contributed by atoms with van der Waals surface area (Å²) in [6, 6.07) is 5.39. The van der Waals surface area contributed by atoms with Crippen molar-refractivity contribution < 1.29 is 9.21 Å². The van der Waals surface area contributed by atoms with Gasteiger partial charge >= 0.3 is 5.63 Å². The van der Waals surface area contributed by atoms with Crippen LogP contribution >= 0.6 is 28.3 Å². The van der Waals surface area contributed by atoms with Gasteiger partial charge < -0.3 is 15.1 Å². The Balaban J connectivity index is 0.00000192. The SMILES string of the molecule is Cc1c(C(=O)N2CCC(CN)C2)c(=O)oc2ccc(Br)cc12.Cl. The largest absolute Gasteiger partial charge is 0.422 e. The molecule has 0 radical (unpaired) electrons. The first-order valence-electron chi connectivity index (χ1n) is 7.23. The fourth-order valence-electron chi connectivity index (χ4n) is 2.94. The van der Waals surface area contributed by atoms with Crippen LogP contribution in [-0.4, -0.2) is 30.4 Å². The second-order valence-corrected chi connectivity index (χ2v) is 6.59. The summed E-state index contributed by atoms with van der Waals surface area (Å²) in [7, 11) is 0. The third kappa shape index (κ3) is 3.29. The number of rotatable bonds is 2.